The van der Waals surface area contributed by atoms with Gasteiger partial charge in [-0.1, -0.05) is 18.2 Å². The van der Waals surface area contributed by atoms with Gasteiger partial charge in [0.1, 0.15) is 0 Å². The molecule has 5 nitrogen and oxygen atoms in total. The molecule has 6 heteroatoms. The molecule has 1 aromatic heterocycles. The van der Waals surface area contributed by atoms with E-state index in [1.165, 1.54) is 35.5 Å². The molecule has 0 amide bonds. The largest absolute Gasteiger partial charge is 0.378 e. The fourth-order valence-corrected chi connectivity index (χ4v) is 5.01. The van der Waals surface area contributed by atoms with E-state index in [4.69, 9.17) is 4.99 Å². The molecule has 0 spiro atoms. The fraction of sp³-hybridized carbons (Fsp3) is 0.522. The van der Waals surface area contributed by atoms with Gasteiger partial charge in [-0.05, 0) is 68.4 Å². The Morgan fingerprint density at radius 1 is 1.21 bits per heavy atom. The normalized spacial score (nSPS) is 20.5. The van der Waals surface area contributed by atoms with Crippen molar-refractivity contribution in [2.75, 3.05) is 45.7 Å². The highest BCUT2D eigenvalue weighted by Gasteiger charge is 2.31. The van der Waals surface area contributed by atoms with Crippen molar-refractivity contribution in [1.29, 1.82) is 0 Å². The molecule has 3 rings (SSSR count). The molecule has 1 saturated heterocycles. The molecule has 2 N–H and O–H groups in total. The maximum Gasteiger partial charge on any atom is 0.191 e. The average Bonchev–Trinajstić information content (AvgIpc) is 3.24. The lowest BCUT2D eigenvalue weighted by Crippen LogP contribution is -2.44. The molecule has 2 unspecified atom stereocenters. The molecule has 2 atom stereocenters. The lowest BCUT2D eigenvalue weighted by molar-refractivity contribution is 0.125. The average molecular weight is 414 g/mol. The number of rotatable bonds is 7. The van der Waals surface area contributed by atoms with Crippen LogP contribution in [-0.4, -0.2) is 51.6 Å². The van der Waals surface area contributed by atoms with E-state index in [0.29, 0.717) is 18.5 Å². The summed E-state index contributed by atoms with van der Waals surface area (Å²) in [4.78, 5) is 10.9. The Bertz CT molecular complexity index is 754. The SMILES string of the molecule is CCNC(=NCc1ccc(N(C)C)cc1)NCC1CCCN(C)C1c1cccs1. The minimum atomic E-state index is 0.498. The molecular weight excluding hydrogens is 378 g/mol. The lowest BCUT2D eigenvalue weighted by Gasteiger charge is -2.39. The van der Waals surface area contributed by atoms with Crippen LogP contribution in [0, 0.1) is 5.92 Å². The summed E-state index contributed by atoms with van der Waals surface area (Å²) >= 11 is 1.87. The summed E-state index contributed by atoms with van der Waals surface area (Å²) in [7, 11) is 6.38. The standard InChI is InChI=1S/C23H35N5S/c1-5-24-23(25-16-18-10-12-20(13-11-18)27(2)3)26-17-19-8-6-14-28(4)22(19)21-9-7-15-29-21/h7,9-13,15,19,22H,5-6,8,14,16-17H2,1-4H3,(H2,24,25,26). The molecular formula is C23H35N5S. The summed E-state index contributed by atoms with van der Waals surface area (Å²) < 4.78 is 0. The maximum atomic E-state index is 4.82. The van der Waals surface area contributed by atoms with Crippen LogP contribution in [0.1, 0.15) is 36.2 Å². The van der Waals surface area contributed by atoms with E-state index in [1.54, 1.807) is 0 Å². The molecule has 1 aromatic carbocycles. The van der Waals surface area contributed by atoms with Gasteiger partial charge in [-0.25, -0.2) is 4.99 Å². The number of hydrogen-bond donors (Lipinski definition) is 2. The van der Waals surface area contributed by atoms with Crippen molar-refractivity contribution in [2.45, 2.75) is 32.4 Å². The van der Waals surface area contributed by atoms with Crippen LogP contribution in [0.25, 0.3) is 0 Å². The lowest BCUT2D eigenvalue weighted by atomic mass is 9.88. The van der Waals surface area contributed by atoms with Crippen molar-refractivity contribution >= 4 is 23.0 Å². The third-order valence-electron chi connectivity index (χ3n) is 5.59. The van der Waals surface area contributed by atoms with Crippen LogP contribution in [0.15, 0.2) is 46.8 Å². The van der Waals surface area contributed by atoms with Crippen molar-refractivity contribution in [3.05, 3.63) is 52.2 Å². The van der Waals surface area contributed by atoms with Gasteiger partial charge in [0.15, 0.2) is 5.96 Å². The second kappa shape index (κ2) is 10.6. The highest BCUT2D eigenvalue weighted by atomic mass is 32.1. The first-order valence-electron chi connectivity index (χ1n) is 10.6. The summed E-state index contributed by atoms with van der Waals surface area (Å²) in [6.45, 7) is 5.78. The Morgan fingerprint density at radius 2 is 2.00 bits per heavy atom. The van der Waals surface area contributed by atoms with E-state index in [0.717, 1.165) is 19.0 Å². The fourth-order valence-electron chi connectivity index (χ4n) is 4.02. The van der Waals surface area contributed by atoms with Crippen molar-refractivity contribution in [3.8, 4) is 0 Å². The molecule has 29 heavy (non-hydrogen) atoms. The van der Waals surface area contributed by atoms with Gasteiger partial charge in [0.2, 0.25) is 0 Å². The second-order valence-electron chi connectivity index (χ2n) is 7.98. The van der Waals surface area contributed by atoms with Crippen molar-refractivity contribution in [2.24, 2.45) is 10.9 Å². The number of anilines is 1. The third-order valence-corrected chi connectivity index (χ3v) is 6.53. The Kier molecular flexibility index (Phi) is 7.95. The number of guanidine groups is 1. The van der Waals surface area contributed by atoms with Gasteiger partial charge in [-0.2, -0.15) is 0 Å². The zero-order valence-corrected chi connectivity index (χ0v) is 19.0. The Balaban J connectivity index is 1.62. The van der Waals surface area contributed by atoms with E-state index in [9.17, 15) is 0 Å². The summed E-state index contributed by atoms with van der Waals surface area (Å²) in [5.41, 5.74) is 2.44. The summed E-state index contributed by atoms with van der Waals surface area (Å²) in [5, 5.41) is 9.20. The van der Waals surface area contributed by atoms with Gasteiger partial charge in [0.05, 0.1) is 6.54 Å². The monoisotopic (exact) mass is 413 g/mol. The predicted octanol–water partition coefficient (Wildman–Crippen LogP) is 3.95. The molecule has 1 aliphatic rings. The van der Waals surface area contributed by atoms with Gasteiger partial charge in [0.25, 0.3) is 0 Å². The van der Waals surface area contributed by atoms with Crippen LogP contribution in [-0.2, 0) is 6.54 Å². The first-order valence-corrected chi connectivity index (χ1v) is 11.5. The molecule has 1 fully saturated rings. The van der Waals surface area contributed by atoms with Crippen LogP contribution in [0.4, 0.5) is 5.69 Å². The Labute approximate surface area is 179 Å². The molecule has 1 aliphatic heterocycles. The number of hydrogen-bond acceptors (Lipinski definition) is 4. The first-order chi connectivity index (χ1) is 14.1. The number of likely N-dealkylation sites (tertiary alicyclic amines) is 1. The first kappa shape index (κ1) is 21.7. The van der Waals surface area contributed by atoms with Crippen LogP contribution in [0.2, 0.25) is 0 Å². The van der Waals surface area contributed by atoms with E-state index in [2.05, 4.69) is 90.3 Å². The topological polar surface area (TPSA) is 42.9 Å². The maximum absolute atomic E-state index is 4.82. The van der Waals surface area contributed by atoms with E-state index >= 15 is 0 Å². The van der Waals surface area contributed by atoms with Crippen LogP contribution < -0.4 is 15.5 Å². The van der Waals surface area contributed by atoms with Gasteiger partial charge < -0.3 is 15.5 Å². The molecule has 0 aliphatic carbocycles. The summed E-state index contributed by atoms with van der Waals surface area (Å²) in [6.07, 6.45) is 2.52. The van der Waals surface area contributed by atoms with Crippen molar-refractivity contribution in [3.63, 3.8) is 0 Å². The molecule has 2 aromatic rings. The van der Waals surface area contributed by atoms with E-state index < -0.39 is 0 Å². The minimum Gasteiger partial charge on any atom is -0.378 e. The highest BCUT2D eigenvalue weighted by Crippen LogP contribution is 2.36. The molecule has 158 valence electrons. The summed E-state index contributed by atoms with van der Waals surface area (Å²) in [5.74, 6) is 1.50. The minimum absolute atomic E-state index is 0.498. The van der Waals surface area contributed by atoms with Crippen molar-refractivity contribution in [1.82, 2.24) is 15.5 Å². The zero-order valence-electron chi connectivity index (χ0n) is 18.2. The van der Waals surface area contributed by atoms with Crippen LogP contribution in [0.5, 0.6) is 0 Å². The van der Waals surface area contributed by atoms with Gasteiger partial charge >= 0.3 is 0 Å². The second-order valence-corrected chi connectivity index (χ2v) is 8.96. The smallest absolute Gasteiger partial charge is 0.191 e. The zero-order chi connectivity index (χ0) is 20.6. The van der Waals surface area contributed by atoms with Crippen LogP contribution in [0.3, 0.4) is 0 Å². The molecule has 2 heterocycles. The number of thiophene rings is 1. The molecule has 0 saturated carbocycles. The Hall–Kier alpha value is -2.05. The van der Waals surface area contributed by atoms with E-state index in [1.807, 2.05) is 11.3 Å². The molecule has 0 radical (unpaired) electrons. The number of nitrogens with zero attached hydrogens (tertiary/aromatic N) is 3. The van der Waals surface area contributed by atoms with Gasteiger partial charge in [-0.3, -0.25) is 4.90 Å². The summed E-state index contributed by atoms with van der Waals surface area (Å²) in [6, 6.07) is 13.6. The van der Waals surface area contributed by atoms with Crippen LogP contribution >= 0.6 is 11.3 Å². The predicted molar refractivity (Wildman–Crippen MR) is 126 cm³/mol. The number of piperidine rings is 1. The number of nitrogens with one attached hydrogen (secondary N) is 2. The Morgan fingerprint density at radius 3 is 2.66 bits per heavy atom. The van der Waals surface area contributed by atoms with E-state index in [-0.39, 0.29) is 0 Å². The molecule has 0 bridgehead atoms. The number of benzene rings is 1. The highest BCUT2D eigenvalue weighted by molar-refractivity contribution is 7.10. The quantitative estimate of drug-likeness (QED) is 0.533. The van der Waals surface area contributed by atoms with Crippen molar-refractivity contribution < 1.29 is 0 Å². The van der Waals surface area contributed by atoms with Gasteiger partial charge in [0, 0.05) is 43.8 Å². The van der Waals surface area contributed by atoms with Gasteiger partial charge in [-0.15, -0.1) is 11.3 Å². The number of aliphatic imine (C=N–C) groups is 1. The third kappa shape index (κ3) is 5.97.